The number of ether oxygens (including phenoxy) is 1. The van der Waals surface area contributed by atoms with Crippen molar-refractivity contribution in [2.75, 3.05) is 20.2 Å². The highest BCUT2D eigenvalue weighted by Crippen LogP contribution is 2.29. The number of hydrogen-bond donors (Lipinski definition) is 4. The molecule has 0 saturated carbocycles. The summed E-state index contributed by atoms with van der Waals surface area (Å²) in [4.78, 5) is 56.7. The van der Waals surface area contributed by atoms with Crippen LogP contribution < -0.4 is 26.0 Å². The van der Waals surface area contributed by atoms with E-state index in [4.69, 9.17) is 20.9 Å². The SMILES string of the molecule is COc1ccc(C[C@@H]2NC(=O)[C@H](CC(C)C)NC(=O)CN(Cc3c(-c4cc(C)on4)nn(C)c3Cl)C[C@H](C(C)C)NC(=O)[C@@H](C)NC2=O)cc1. The third-order valence-corrected chi connectivity index (χ3v) is 9.09. The second-order valence-corrected chi connectivity index (χ2v) is 14.0. The van der Waals surface area contributed by atoms with Gasteiger partial charge in [-0.25, -0.2) is 0 Å². The Morgan fingerprint density at radius 2 is 1.66 bits per heavy atom. The molecule has 14 nitrogen and oxygen atoms in total. The number of rotatable bonds is 9. The van der Waals surface area contributed by atoms with Crippen molar-refractivity contribution < 1.29 is 28.4 Å². The molecule has 4 N–H and O–H groups in total. The van der Waals surface area contributed by atoms with Gasteiger partial charge >= 0.3 is 0 Å². The first kappa shape index (κ1) is 38.4. The number of aryl methyl sites for hydroxylation is 2. The highest BCUT2D eigenvalue weighted by molar-refractivity contribution is 6.30. The molecule has 50 heavy (non-hydrogen) atoms. The molecule has 1 aliphatic heterocycles. The topological polar surface area (TPSA) is 173 Å². The van der Waals surface area contributed by atoms with Crippen LogP contribution >= 0.6 is 11.6 Å². The Morgan fingerprint density at radius 1 is 0.980 bits per heavy atom. The van der Waals surface area contributed by atoms with Crippen LogP contribution in [-0.4, -0.2) is 87.8 Å². The standard InChI is InChI=1S/C35H49ClN8O6/c1-19(2)13-27-35(48)39-28(15-23-9-11-24(49-8)12-10-23)34(47)37-22(6)33(46)40-29(20(3)4)17-44(18-30(45)38-27)16-25-31(41-43(7)32(25)36)26-14-21(5)50-42-26/h9-12,14,19-20,22,27-29H,13,15-18H2,1-8H3,(H,37,47)(H,38,45)(H,39,48)(H,40,46)/t22-,27+,28+,29-/m1/s1. The van der Waals surface area contributed by atoms with Crippen molar-refractivity contribution in [3.63, 3.8) is 0 Å². The van der Waals surface area contributed by atoms with Gasteiger partial charge in [0.15, 0.2) is 0 Å². The third kappa shape index (κ3) is 10.1. The molecule has 4 atom stereocenters. The van der Waals surface area contributed by atoms with E-state index >= 15 is 0 Å². The van der Waals surface area contributed by atoms with Gasteiger partial charge in [0.1, 0.15) is 46.2 Å². The lowest BCUT2D eigenvalue weighted by Crippen LogP contribution is -2.57. The molecule has 3 heterocycles. The number of nitrogens with zero attached hydrogens (tertiary/aromatic N) is 4. The maximum atomic E-state index is 13.8. The summed E-state index contributed by atoms with van der Waals surface area (Å²) in [6, 6.07) is 5.63. The Hall–Kier alpha value is -4.43. The van der Waals surface area contributed by atoms with Gasteiger partial charge in [-0.2, -0.15) is 5.10 Å². The summed E-state index contributed by atoms with van der Waals surface area (Å²) in [5.74, 6) is -0.578. The number of carbonyl (C=O) groups excluding carboxylic acids is 4. The minimum Gasteiger partial charge on any atom is -0.497 e. The fourth-order valence-electron chi connectivity index (χ4n) is 5.79. The first-order valence-electron chi connectivity index (χ1n) is 16.9. The quantitative estimate of drug-likeness (QED) is 0.260. The Balaban J connectivity index is 1.69. The van der Waals surface area contributed by atoms with Crippen LogP contribution in [-0.2, 0) is 39.2 Å². The number of carbonyl (C=O) groups is 4. The van der Waals surface area contributed by atoms with Gasteiger partial charge in [-0.05, 0) is 49.8 Å². The van der Waals surface area contributed by atoms with Gasteiger partial charge in [0.2, 0.25) is 23.6 Å². The number of amides is 4. The average Bonchev–Trinajstić information content (AvgIpc) is 3.61. The first-order chi connectivity index (χ1) is 23.6. The van der Waals surface area contributed by atoms with E-state index in [1.807, 2.05) is 44.7 Å². The van der Waals surface area contributed by atoms with E-state index in [1.54, 1.807) is 46.2 Å². The predicted octanol–water partition coefficient (Wildman–Crippen LogP) is 2.77. The Kier molecular flexibility index (Phi) is 13.0. The molecule has 3 aromatic rings. The van der Waals surface area contributed by atoms with Gasteiger partial charge in [0.05, 0.1) is 13.7 Å². The molecule has 0 spiro atoms. The molecule has 15 heteroatoms. The van der Waals surface area contributed by atoms with Gasteiger partial charge < -0.3 is 30.5 Å². The predicted molar refractivity (Wildman–Crippen MR) is 188 cm³/mol. The van der Waals surface area contributed by atoms with Crippen LogP contribution in [0.25, 0.3) is 11.4 Å². The van der Waals surface area contributed by atoms with Crippen LogP contribution in [0.5, 0.6) is 5.75 Å². The molecule has 0 aliphatic carbocycles. The minimum absolute atomic E-state index is 0.0490. The Bertz CT molecular complexity index is 1650. The summed E-state index contributed by atoms with van der Waals surface area (Å²) in [5.41, 5.74) is 2.40. The summed E-state index contributed by atoms with van der Waals surface area (Å²) < 4.78 is 12.1. The average molecular weight is 713 g/mol. The molecule has 1 fully saturated rings. The smallest absolute Gasteiger partial charge is 0.243 e. The van der Waals surface area contributed by atoms with Crippen LogP contribution in [0.4, 0.5) is 0 Å². The molecule has 4 amide bonds. The van der Waals surface area contributed by atoms with E-state index in [0.717, 1.165) is 5.56 Å². The molecular formula is C35H49ClN8O6. The summed E-state index contributed by atoms with van der Waals surface area (Å²) in [5, 5.41) is 20.7. The number of benzene rings is 1. The lowest BCUT2D eigenvalue weighted by atomic mass is 10.0. The van der Waals surface area contributed by atoms with E-state index in [0.29, 0.717) is 40.0 Å². The van der Waals surface area contributed by atoms with Crippen molar-refractivity contribution in [1.82, 2.24) is 41.1 Å². The van der Waals surface area contributed by atoms with Gasteiger partial charge in [0, 0.05) is 44.2 Å². The number of halogens is 1. The number of aromatic nitrogens is 3. The Morgan fingerprint density at radius 3 is 2.26 bits per heavy atom. The zero-order chi connectivity index (χ0) is 36.7. The van der Waals surface area contributed by atoms with E-state index in [1.165, 1.54) is 4.68 Å². The first-order valence-corrected chi connectivity index (χ1v) is 17.2. The molecule has 1 saturated heterocycles. The largest absolute Gasteiger partial charge is 0.497 e. The van der Waals surface area contributed by atoms with Crippen molar-refractivity contribution in [1.29, 1.82) is 0 Å². The van der Waals surface area contributed by atoms with Gasteiger partial charge in [-0.3, -0.25) is 28.8 Å². The second kappa shape index (κ2) is 17.0. The van der Waals surface area contributed by atoms with Crippen molar-refractivity contribution >= 4 is 35.2 Å². The Labute approximate surface area is 298 Å². The van der Waals surface area contributed by atoms with Crippen LogP contribution in [0.1, 0.15) is 57.9 Å². The highest BCUT2D eigenvalue weighted by Gasteiger charge is 2.32. The lowest BCUT2D eigenvalue weighted by molar-refractivity contribution is -0.133. The van der Waals surface area contributed by atoms with Crippen molar-refractivity contribution in [3.05, 3.63) is 52.4 Å². The fraction of sp³-hybridized carbons (Fsp3) is 0.543. The van der Waals surface area contributed by atoms with Gasteiger partial charge in [-0.1, -0.05) is 56.6 Å². The van der Waals surface area contributed by atoms with Crippen molar-refractivity contribution in [2.45, 2.75) is 85.1 Å². The molecule has 0 bridgehead atoms. The summed E-state index contributed by atoms with van der Waals surface area (Å²) in [6.45, 7) is 11.5. The zero-order valence-corrected chi connectivity index (χ0v) is 30.8. The summed E-state index contributed by atoms with van der Waals surface area (Å²) in [7, 11) is 3.27. The van der Waals surface area contributed by atoms with E-state index < -0.39 is 47.8 Å². The lowest BCUT2D eigenvalue weighted by Gasteiger charge is -2.31. The number of hydrogen-bond acceptors (Lipinski definition) is 9. The molecule has 1 aliphatic rings. The van der Waals surface area contributed by atoms with E-state index in [9.17, 15) is 19.2 Å². The number of methoxy groups -OCH3 is 1. The van der Waals surface area contributed by atoms with Crippen molar-refractivity contribution in [3.8, 4) is 17.1 Å². The molecule has 1 aromatic carbocycles. The maximum absolute atomic E-state index is 13.8. The molecule has 0 unspecified atom stereocenters. The van der Waals surface area contributed by atoms with E-state index in [-0.39, 0.29) is 37.9 Å². The highest BCUT2D eigenvalue weighted by atomic mass is 35.5. The summed E-state index contributed by atoms with van der Waals surface area (Å²) >= 11 is 6.75. The third-order valence-electron chi connectivity index (χ3n) is 8.62. The van der Waals surface area contributed by atoms with Crippen LogP contribution in [0.2, 0.25) is 5.15 Å². The van der Waals surface area contributed by atoms with Gasteiger partial charge in [0.25, 0.3) is 0 Å². The second-order valence-electron chi connectivity index (χ2n) is 13.7. The molecule has 2 aromatic heterocycles. The summed E-state index contributed by atoms with van der Waals surface area (Å²) in [6.07, 6.45) is 0.490. The zero-order valence-electron chi connectivity index (χ0n) is 30.0. The monoisotopic (exact) mass is 712 g/mol. The van der Waals surface area contributed by atoms with E-state index in [2.05, 4.69) is 31.5 Å². The van der Waals surface area contributed by atoms with Crippen molar-refractivity contribution in [2.24, 2.45) is 18.9 Å². The fourth-order valence-corrected chi connectivity index (χ4v) is 5.98. The molecular weight excluding hydrogens is 664 g/mol. The molecule has 4 rings (SSSR count). The normalized spacial score (nSPS) is 21.7. The molecule has 0 radical (unpaired) electrons. The minimum atomic E-state index is -1.02. The maximum Gasteiger partial charge on any atom is 0.243 e. The van der Waals surface area contributed by atoms with Gasteiger partial charge in [-0.15, -0.1) is 0 Å². The molecule has 272 valence electrons. The number of nitrogens with one attached hydrogen (secondary N) is 4. The van der Waals surface area contributed by atoms with Crippen LogP contribution in [0.3, 0.4) is 0 Å². The van der Waals surface area contributed by atoms with Crippen LogP contribution in [0, 0.1) is 18.8 Å². The van der Waals surface area contributed by atoms with Crippen LogP contribution in [0.15, 0.2) is 34.9 Å².